The van der Waals surface area contributed by atoms with Crippen LogP contribution in [0, 0.1) is 30.9 Å². The van der Waals surface area contributed by atoms with Crippen molar-refractivity contribution in [2.24, 2.45) is 0 Å². The van der Waals surface area contributed by atoms with E-state index in [-0.39, 0.29) is 0 Å². The quantitative estimate of drug-likeness (QED) is 0.384. The number of anilines is 1. The van der Waals surface area contributed by atoms with Crippen LogP contribution in [-0.4, -0.2) is 32.0 Å². The monoisotopic (exact) mass is 420 g/mol. The van der Waals surface area contributed by atoms with Crippen LogP contribution in [-0.2, 0) is 19.6 Å². The maximum atomic E-state index is 13.5. The van der Waals surface area contributed by atoms with Crippen molar-refractivity contribution in [3.05, 3.63) is 63.2 Å². The van der Waals surface area contributed by atoms with Gasteiger partial charge in [-0.3, -0.25) is 19.2 Å². The molecule has 9 heteroatoms. The van der Waals surface area contributed by atoms with Gasteiger partial charge in [0.2, 0.25) is 0 Å². The third-order valence-electron chi connectivity index (χ3n) is 4.15. The number of nitrogens with zero attached hydrogens (tertiary/aromatic N) is 2. The molecular weight excluding hydrogens is 396 g/mol. The minimum absolute atomic E-state index is 0.300. The summed E-state index contributed by atoms with van der Waals surface area (Å²) in [5.41, 5.74) is 1.92. The fraction of sp³-hybridized carbons (Fsp3) is 0.350. The molecule has 2 aromatic carbocycles. The molecule has 0 aliphatic rings. The highest BCUT2D eigenvalue weighted by Crippen LogP contribution is 2.34. The summed E-state index contributed by atoms with van der Waals surface area (Å²) in [5.74, 6) is -0.749. The molecular formula is C20H24N2O6S. The summed E-state index contributed by atoms with van der Waals surface area (Å²) in [4.78, 5) is 22.5. The van der Waals surface area contributed by atoms with Gasteiger partial charge in [0, 0.05) is 6.07 Å². The van der Waals surface area contributed by atoms with Crippen molar-refractivity contribution in [3.8, 4) is 0 Å². The molecule has 0 aliphatic heterocycles. The van der Waals surface area contributed by atoms with E-state index in [2.05, 4.69) is 0 Å². The van der Waals surface area contributed by atoms with Crippen molar-refractivity contribution in [1.82, 2.24) is 0 Å². The van der Waals surface area contributed by atoms with Crippen LogP contribution in [0.5, 0.6) is 0 Å². The summed E-state index contributed by atoms with van der Waals surface area (Å²) in [6.45, 7) is 8.04. The van der Waals surface area contributed by atoms with E-state index in [9.17, 15) is 23.3 Å². The molecule has 0 spiro atoms. The topological polar surface area (TPSA) is 107 Å². The Morgan fingerprint density at radius 3 is 2.21 bits per heavy atom. The normalized spacial score (nSPS) is 11.4. The van der Waals surface area contributed by atoms with Crippen LogP contribution in [0.3, 0.4) is 0 Å². The van der Waals surface area contributed by atoms with Gasteiger partial charge in [-0.15, -0.1) is 0 Å². The number of ether oxygens (including phenoxy) is 1. The summed E-state index contributed by atoms with van der Waals surface area (Å²) < 4.78 is 33.0. The number of carbonyl (C=O) groups excluding carboxylic acids is 1. The standard InChI is InChI=1S/C20H24N2O6S/c1-13(2)28-19(23)12-21(20-15(4)10-14(3)11-16(20)5)29(26,27)18-9-7-6-8-17(18)22(24)25/h6-11,13H,12H2,1-5H3. The van der Waals surface area contributed by atoms with E-state index in [0.29, 0.717) is 16.8 Å². The van der Waals surface area contributed by atoms with Crippen molar-refractivity contribution in [1.29, 1.82) is 0 Å². The van der Waals surface area contributed by atoms with Gasteiger partial charge in [-0.1, -0.05) is 29.8 Å². The predicted molar refractivity (Wildman–Crippen MR) is 110 cm³/mol. The number of hydrogen-bond donors (Lipinski definition) is 0. The number of sulfonamides is 1. The largest absolute Gasteiger partial charge is 0.462 e. The Morgan fingerprint density at radius 2 is 1.69 bits per heavy atom. The Balaban J connectivity index is 2.71. The summed E-state index contributed by atoms with van der Waals surface area (Å²) in [6.07, 6.45) is -0.432. The Labute approximate surface area is 170 Å². The Kier molecular flexibility index (Phi) is 6.63. The van der Waals surface area contributed by atoms with E-state index < -0.39 is 44.1 Å². The zero-order valence-corrected chi connectivity index (χ0v) is 17.8. The second-order valence-corrected chi connectivity index (χ2v) is 8.85. The van der Waals surface area contributed by atoms with Crippen molar-refractivity contribution in [2.75, 3.05) is 10.8 Å². The number of rotatable bonds is 7. The smallest absolute Gasteiger partial charge is 0.327 e. The number of nitro groups is 1. The van der Waals surface area contributed by atoms with Crippen LogP contribution in [0.4, 0.5) is 11.4 Å². The van der Waals surface area contributed by atoms with Gasteiger partial charge in [0.15, 0.2) is 4.90 Å². The van der Waals surface area contributed by atoms with Gasteiger partial charge in [0.1, 0.15) is 6.54 Å². The van der Waals surface area contributed by atoms with Crippen LogP contribution in [0.25, 0.3) is 0 Å². The average Bonchev–Trinajstić information content (AvgIpc) is 2.59. The first kappa shape index (κ1) is 22.4. The Hall–Kier alpha value is -2.94. The Morgan fingerprint density at radius 1 is 1.14 bits per heavy atom. The molecule has 0 saturated heterocycles. The molecule has 0 saturated carbocycles. The van der Waals surface area contributed by atoms with Crippen LogP contribution in [0.1, 0.15) is 30.5 Å². The second-order valence-electron chi connectivity index (χ2n) is 7.02. The number of esters is 1. The highest BCUT2D eigenvalue weighted by atomic mass is 32.2. The summed E-state index contributed by atoms with van der Waals surface area (Å²) in [7, 11) is -4.43. The summed E-state index contributed by atoms with van der Waals surface area (Å²) in [5, 5.41) is 11.4. The van der Waals surface area contributed by atoms with E-state index in [0.717, 1.165) is 22.0 Å². The van der Waals surface area contributed by atoms with E-state index >= 15 is 0 Å². The fourth-order valence-electron chi connectivity index (χ4n) is 3.21. The third-order valence-corrected chi connectivity index (χ3v) is 5.95. The lowest BCUT2D eigenvalue weighted by Gasteiger charge is -2.27. The van der Waals surface area contributed by atoms with Crippen molar-refractivity contribution in [2.45, 2.75) is 45.6 Å². The summed E-state index contributed by atoms with van der Waals surface area (Å²) in [6, 6.07) is 8.64. The number of para-hydroxylation sites is 1. The molecule has 0 unspecified atom stereocenters. The van der Waals surface area contributed by atoms with Gasteiger partial charge in [0.05, 0.1) is 16.7 Å². The predicted octanol–water partition coefficient (Wildman–Crippen LogP) is 3.67. The highest BCUT2D eigenvalue weighted by Gasteiger charge is 2.35. The molecule has 0 aliphatic carbocycles. The van der Waals surface area contributed by atoms with Crippen LogP contribution >= 0.6 is 0 Å². The lowest BCUT2D eigenvalue weighted by atomic mass is 10.1. The molecule has 0 N–H and O–H groups in total. The van der Waals surface area contributed by atoms with Gasteiger partial charge in [-0.05, 0) is 51.8 Å². The lowest BCUT2D eigenvalue weighted by molar-refractivity contribution is -0.387. The molecule has 0 atom stereocenters. The fourth-order valence-corrected chi connectivity index (χ4v) is 4.91. The first-order valence-corrected chi connectivity index (χ1v) is 10.4. The first-order valence-electron chi connectivity index (χ1n) is 8.98. The van der Waals surface area contributed by atoms with E-state index in [1.165, 1.54) is 12.1 Å². The minimum atomic E-state index is -4.43. The zero-order valence-electron chi connectivity index (χ0n) is 17.0. The molecule has 29 heavy (non-hydrogen) atoms. The third kappa shape index (κ3) is 4.92. The van der Waals surface area contributed by atoms with Gasteiger partial charge in [0.25, 0.3) is 15.7 Å². The molecule has 0 aromatic heterocycles. The van der Waals surface area contributed by atoms with Gasteiger partial charge < -0.3 is 4.74 Å². The van der Waals surface area contributed by atoms with Crippen molar-refractivity contribution in [3.63, 3.8) is 0 Å². The molecule has 156 valence electrons. The van der Waals surface area contributed by atoms with Gasteiger partial charge in [-0.25, -0.2) is 8.42 Å². The highest BCUT2D eigenvalue weighted by molar-refractivity contribution is 7.93. The Bertz CT molecular complexity index is 1020. The molecule has 2 rings (SSSR count). The van der Waals surface area contributed by atoms with Crippen molar-refractivity contribution >= 4 is 27.4 Å². The lowest BCUT2D eigenvalue weighted by Crippen LogP contribution is -2.38. The number of nitro benzene ring substituents is 1. The molecule has 0 fully saturated rings. The first-order chi connectivity index (χ1) is 13.4. The van der Waals surface area contributed by atoms with Gasteiger partial charge >= 0.3 is 5.97 Å². The van der Waals surface area contributed by atoms with E-state index in [1.54, 1.807) is 39.8 Å². The minimum Gasteiger partial charge on any atom is -0.462 e. The molecule has 8 nitrogen and oxygen atoms in total. The number of carbonyl (C=O) groups is 1. The van der Waals surface area contributed by atoms with E-state index in [1.807, 2.05) is 6.92 Å². The second kappa shape index (κ2) is 8.60. The van der Waals surface area contributed by atoms with Gasteiger partial charge in [-0.2, -0.15) is 0 Å². The number of hydrogen-bond acceptors (Lipinski definition) is 6. The van der Waals surface area contributed by atoms with Crippen molar-refractivity contribution < 1.29 is 22.9 Å². The molecule has 0 heterocycles. The number of aryl methyl sites for hydroxylation is 3. The molecule has 0 amide bonds. The molecule has 2 aromatic rings. The van der Waals surface area contributed by atoms with E-state index in [4.69, 9.17) is 4.74 Å². The van der Waals surface area contributed by atoms with Crippen LogP contribution < -0.4 is 4.31 Å². The summed E-state index contributed by atoms with van der Waals surface area (Å²) >= 11 is 0. The maximum absolute atomic E-state index is 13.5. The zero-order chi connectivity index (χ0) is 21.9. The number of benzene rings is 2. The SMILES string of the molecule is Cc1cc(C)c(N(CC(=O)OC(C)C)S(=O)(=O)c2ccccc2[N+](=O)[O-])c(C)c1. The van der Waals surface area contributed by atoms with Crippen LogP contribution in [0.15, 0.2) is 41.3 Å². The molecule has 0 radical (unpaired) electrons. The molecule has 0 bridgehead atoms. The maximum Gasteiger partial charge on any atom is 0.327 e. The van der Waals surface area contributed by atoms with Crippen LogP contribution in [0.2, 0.25) is 0 Å². The average molecular weight is 420 g/mol.